The first-order valence-corrected chi connectivity index (χ1v) is 5.67. The molecule has 0 aromatic heterocycles. The lowest BCUT2D eigenvalue weighted by Crippen LogP contribution is -1.90. The molecule has 0 saturated heterocycles. The van der Waals surface area contributed by atoms with Crippen LogP contribution in [0.25, 0.3) is 0 Å². The van der Waals surface area contributed by atoms with Crippen molar-refractivity contribution in [2.75, 3.05) is 7.11 Å². The number of methoxy groups -OCH3 is 1. The number of phenols is 1. The van der Waals surface area contributed by atoms with Gasteiger partial charge >= 0.3 is 0 Å². The number of benzene rings is 2. The summed E-state index contributed by atoms with van der Waals surface area (Å²) in [6.07, 6.45) is 0.786. The van der Waals surface area contributed by atoms with Gasteiger partial charge in [0.2, 0.25) is 0 Å². The van der Waals surface area contributed by atoms with E-state index in [2.05, 4.69) is 0 Å². The predicted molar refractivity (Wildman–Crippen MR) is 68.9 cm³/mol. The molecule has 2 aromatic carbocycles. The van der Waals surface area contributed by atoms with Gasteiger partial charge in [0.15, 0.2) is 11.5 Å². The third-order valence-corrected chi connectivity index (χ3v) is 2.82. The summed E-state index contributed by atoms with van der Waals surface area (Å²) in [6.45, 7) is 0. The molecular weight excluding hydrogens is 236 g/mol. The number of phenolic OH excluding ortho intramolecular Hbond substituents is 1. The van der Waals surface area contributed by atoms with Crippen LogP contribution in [0, 0.1) is 0 Å². The second kappa shape index (κ2) is 5.11. The highest BCUT2D eigenvalue weighted by Gasteiger charge is 2.03. The first kappa shape index (κ1) is 11.8. The Morgan fingerprint density at radius 3 is 2.35 bits per heavy atom. The molecule has 2 rings (SSSR count). The Morgan fingerprint density at radius 1 is 1.06 bits per heavy atom. The van der Waals surface area contributed by atoms with Crippen LogP contribution in [0.5, 0.6) is 11.5 Å². The minimum absolute atomic E-state index is 0.160. The molecule has 2 nitrogen and oxygen atoms in total. The maximum absolute atomic E-state index is 9.49. The van der Waals surface area contributed by atoms with Crippen LogP contribution in [0.15, 0.2) is 42.5 Å². The van der Waals surface area contributed by atoms with Crippen molar-refractivity contribution in [2.45, 2.75) is 6.42 Å². The van der Waals surface area contributed by atoms with Gasteiger partial charge in [-0.3, -0.25) is 0 Å². The van der Waals surface area contributed by atoms with Gasteiger partial charge in [-0.2, -0.15) is 0 Å². The van der Waals surface area contributed by atoms with E-state index >= 15 is 0 Å². The van der Waals surface area contributed by atoms with E-state index < -0.39 is 0 Å². The highest BCUT2D eigenvalue weighted by Crippen LogP contribution is 2.27. The Balaban J connectivity index is 2.21. The number of ether oxygens (including phenoxy) is 1. The van der Waals surface area contributed by atoms with E-state index in [1.54, 1.807) is 13.2 Å². The molecule has 0 unspecified atom stereocenters. The van der Waals surface area contributed by atoms with E-state index in [9.17, 15) is 5.11 Å². The van der Waals surface area contributed by atoms with E-state index in [4.69, 9.17) is 16.3 Å². The van der Waals surface area contributed by atoms with E-state index in [1.165, 1.54) is 5.56 Å². The first-order chi connectivity index (χ1) is 8.19. The van der Waals surface area contributed by atoms with Gasteiger partial charge in [-0.1, -0.05) is 29.8 Å². The summed E-state index contributed by atoms with van der Waals surface area (Å²) in [5.74, 6) is 0.656. The standard InChI is InChI=1S/C14H13ClO2/c1-17-14-9-11(4-7-13(14)16)8-10-2-5-12(15)6-3-10/h2-7,9,16H,8H2,1H3. The fraction of sp³-hybridized carbons (Fsp3) is 0.143. The molecule has 0 aliphatic rings. The molecule has 0 bridgehead atoms. The average Bonchev–Trinajstić information content (AvgIpc) is 2.34. The van der Waals surface area contributed by atoms with Crippen molar-refractivity contribution in [1.29, 1.82) is 0 Å². The van der Waals surface area contributed by atoms with Crippen LogP contribution in [0.3, 0.4) is 0 Å². The largest absolute Gasteiger partial charge is 0.504 e. The second-order valence-electron chi connectivity index (χ2n) is 3.81. The van der Waals surface area contributed by atoms with Crippen LogP contribution in [0.2, 0.25) is 5.02 Å². The molecule has 0 atom stereocenters. The van der Waals surface area contributed by atoms with Crippen molar-refractivity contribution in [3.8, 4) is 11.5 Å². The van der Waals surface area contributed by atoms with Gasteiger partial charge in [-0.25, -0.2) is 0 Å². The van der Waals surface area contributed by atoms with Gasteiger partial charge in [0.05, 0.1) is 7.11 Å². The molecule has 3 heteroatoms. The van der Waals surface area contributed by atoms with Crippen molar-refractivity contribution >= 4 is 11.6 Å². The first-order valence-electron chi connectivity index (χ1n) is 5.29. The lowest BCUT2D eigenvalue weighted by atomic mass is 10.0. The molecule has 0 aliphatic carbocycles. The Hall–Kier alpha value is -1.67. The molecule has 0 aliphatic heterocycles. The van der Waals surface area contributed by atoms with Crippen molar-refractivity contribution in [2.24, 2.45) is 0 Å². The fourth-order valence-corrected chi connectivity index (χ4v) is 1.80. The predicted octanol–water partition coefficient (Wildman–Crippen LogP) is 3.65. The van der Waals surface area contributed by atoms with Crippen molar-refractivity contribution in [1.82, 2.24) is 0 Å². The molecule has 17 heavy (non-hydrogen) atoms. The van der Waals surface area contributed by atoms with Crippen molar-refractivity contribution in [3.63, 3.8) is 0 Å². The van der Waals surface area contributed by atoms with Crippen LogP contribution >= 0.6 is 11.6 Å². The highest BCUT2D eigenvalue weighted by molar-refractivity contribution is 6.30. The second-order valence-corrected chi connectivity index (χ2v) is 4.25. The number of aromatic hydroxyl groups is 1. The number of rotatable bonds is 3. The lowest BCUT2D eigenvalue weighted by molar-refractivity contribution is 0.373. The monoisotopic (exact) mass is 248 g/mol. The van der Waals surface area contributed by atoms with Gasteiger partial charge < -0.3 is 9.84 Å². The van der Waals surface area contributed by atoms with Crippen molar-refractivity contribution < 1.29 is 9.84 Å². The lowest BCUT2D eigenvalue weighted by Gasteiger charge is -2.07. The quantitative estimate of drug-likeness (QED) is 0.899. The van der Waals surface area contributed by atoms with Gasteiger partial charge in [0.1, 0.15) is 0 Å². The summed E-state index contributed by atoms with van der Waals surface area (Å²) in [4.78, 5) is 0. The van der Waals surface area contributed by atoms with E-state index in [0.29, 0.717) is 5.75 Å². The Bertz CT molecular complexity index is 506. The van der Waals surface area contributed by atoms with Crippen LogP contribution in [0.4, 0.5) is 0 Å². The summed E-state index contributed by atoms with van der Waals surface area (Å²) in [6, 6.07) is 13.1. The molecule has 88 valence electrons. The van der Waals surface area contributed by atoms with Gasteiger partial charge in [-0.15, -0.1) is 0 Å². The van der Waals surface area contributed by atoms with Crippen LogP contribution in [-0.4, -0.2) is 12.2 Å². The number of hydrogen-bond donors (Lipinski definition) is 1. The zero-order chi connectivity index (χ0) is 12.3. The minimum atomic E-state index is 0.160. The SMILES string of the molecule is COc1cc(Cc2ccc(Cl)cc2)ccc1O. The smallest absolute Gasteiger partial charge is 0.160 e. The zero-order valence-corrected chi connectivity index (χ0v) is 10.2. The van der Waals surface area contributed by atoms with Crippen LogP contribution in [0.1, 0.15) is 11.1 Å². The third-order valence-electron chi connectivity index (χ3n) is 2.57. The Labute approximate surface area is 105 Å². The summed E-state index contributed by atoms with van der Waals surface area (Å²) in [7, 11) is 1.54. The highest BCUT2D eigenvalue weighted by atomic mass is 35.5. The Morgan fingerprint density at radius 2 is 1.71 bits per heavy atom. The molecule has 0 fully saturated rings. The molecule has 2 aromatic rings. The molecule has 1 N–H and O–H groups in total. The molecule has 0 spiro atoms. The molecular formula is C14H13ClO2. The van der Waals surface area contributed by atoms with E-state index in [1.807, 2.05) is 36.4 Å². The fourth-order valence-electron chi connectivity index (χ4n) is 1.67. The van der Waals surface area contributed by atoms with Gasteiger partial charge in [-0.05, 0) is 41.8 Å². The maximum atomic E-state index is 9.49. The molecule has 0 radical (unpaired) electrons. The van der Waals surface area contributed by atoms with E-state index in [-0.39, 0.29) is 5.75 Å². The molecule has 0 amide bonds. The Kier molecular flexibility index (Phi) is 3.55. The third kappa shape index (κ3) is 2.92. The summed E-state index contributed by atoms with van der Waals surface area (Å²) < 4.78 is 5.07. The van der Waals surface area contributed by atoms with Gasteiger partial charge in [0.25, 0.3) is 0 Å². The zero-order valence-electron chi connectivity index (χ0n) is 9.48. The average molecular weight is 249 g/mol. The topological polar surface area (TPSA) is 29.5 Å². The molecule has 0 heterocycles. The summed E-state index contributed by atoms with van der Waals surface area (Å²) >= 11 is 5.83. The van der Waals surface area contributed by atoms with Crippen LogP contribution < -0.4 is 4.74 Å². The van der Waals surface area contributed by atoms with E-state index in [0.717, 1.165) is 17.0 Å². The summed E-state index contributed by atoms with van der Waals surface area (Å²) in [5.41, 5.74) is 2.25. The van der Waals surface area contributed by atoms with Crippen molar-refractivity contribution in [3.05, 3.63) is 58.6 Å². The normalized spacial score (nSPS) is 10.2. The molecule has 0 saturated carbocycles. The number of hydrogen-bond acceptors (Lipinski definition) is 2. The van der Waals surface area contributed by atoms with Crippen LogP contribution in [-0.2, 0) is 6.42 Å². The minimum Gasteiger partial charge on any atom is -0.504 e. The van der Waals surface area contributed by atoms with Gasteiger partial charge in [0, 0.05) is 5.02 Å². The number of halogens is 1. The summed E-state index contributed by atoms with van der Waals surface area (Å²) in [5, 5.41) is 10.2. The maximum Gasteiger partial charge on any atom is 0.160 e.